The van der Waals surface area contributed by atoms with Gasteiger partial charge in [-0.3, -0.25) is 4.90 Å². The van der Waals surface area contributed by atoms with Gasteiger partial charge in [0.25, 0.3) is 0 Å². The number of piperidine rings is 1. The van der Waals surface area contributed by atoms with Gasteiger partial charge in [0.05, 0.1) is 0 Å². The largest absolute Gasteiger partial charge is 0.311 e. The molecule has 0 aromatic rings. The highest BCUT2D eigenvalue weighted by atomic mass is 15.2. The van der Waals surface area contributed by atoms with Gasteiger partial charge in [-0.2, -0.15) is 0 Å². The Balaban J connectivity index is 1.56. The van der Waals surface area contributed by atoms with E-state index in [1.165, 1.54) is 71.0 Å². The Bertz CT molecular complexity index is 296. The SMILES string of the molecule is CN(C)C1(CNC2CCN3CCCCC23)CCCC1. The lowest BCUT2D eigenvalue weighted by atomic mass is 9.94. The fraction of sp³-hybridized carbons (Fsp3) is 1.00. The van der Waals surface area contributed by atoms with Crippen molar-refractivity contribution in [3.05, 3.63) is 0 Å². The summed E-state index contributed by atoms with van der Waals surface area (Å²) in [6, 6.07) is 1.60. The smallest absolute Gasteiger partial charge is 0.0328 e. The quantitative estimate of drug-likeness (QED) is 0.839. The van der Waals surface area contributed by atoms with Gasteiger partial charge < -0.3 is 10.2 Å². The number of rotatable bonds is 4. The maximum absolute atomic E-state index is 3.96. The van der Waals surface area contributed by atoms with Gasteiger partial charge in [-0.05, 0) is 52.7 Å². The number of likely N-dealkylation sites (N-methyl/N-ethyl adjacent to an activating group) is 1. The second-order valence-corrected chi connectivity index (χ2v) is 7.20. The van der Waals surface area contributed by atoms with Gasteiger partial charge in [0, 0.05) is 30.7 Å². The molecular weight excluding hydrogens is 234 g/mol. The van der Waals surface area contributed by atoms with Crippen LogP contribution in [-0.2, 0) is 0 Å². The summed E-state index contributed by atoms with van der Waals surface area (Å²) >= 11 is 0. The van der Waals surface area contributed by atoms with Crippen molar-refractivity contribution in [2.24, 2.45) is 0 Å². The highest BCUT2D eigenvalue weighted by Gasteiger charge is 2.39. The van der Waals surface area contributed by atoms with E-state index in [1.54, 1.807) is 0 Å². The molecule has 0 bridgehead atoms. The molecule has 0 aromatic heterocycles. The zero-order valence-electron chi connectivity index (χ0n) is 12.8. The molecule has 2 aliphatic heterocycles. The lowest BCUT2D eigenvalue weighted by Crippen LogP contribution is -2.54. The topological polar surface area (TPSA) is 18.5 Å². The van der Waals surface area contributed by atoms with Gasteiger partial charge in [-0.25, -0.2) is 0 Å². The average Bonchev–Trinajstić information content (AvgIpc) is 3.04. The summed E-state index contributed by atoms with van der Waals surface area (Å²) < 4.78 is 0. The van der Waals surface area contributed by atoms with Crippen LogP contribution in [0.5, 0.6) is 0 Å². The van der Waals surface area contributed by atoms with E-state index in [2.05, 4.69) is 29.2 Å². The molecule has 0 spiro atoms. The Kier molecular flexibility index (Phi) is 4.16. The second-order valence-electron chi connectivity index (χ2n) is 7.20. The molecule has 3 heteroatoms. The van der Waals surface area contributed by atoms with Crippen LogP contribution in [-0.4, -0.2) is 61.2 Å². The third-order valence-electron chi connectivity index (χ3n) is 6.03. The maximum atomic E-state index is 3.96. The summed E-state index contributed by atoms with van der Waals surface area (Å²) in [4.78, 5) is 5.22. The normalized spacial score (nSPS) is 34.9. The first kappa shape index (κ1) is 13.8. The number of fused-ring (bicyclic) bond motifs is 1. The number of hydrogen-bond donors (Lipinski definition) is 1. The molecule has 0 amide bonds. The molecule has 3 nitrogen and oxygen atoms in total. The molecule has 0 aromatic carbocycles. The van der Waals surface area contributed by atoms with Gasteiger partial charge in [0.2, 0.25) is 0 Å². The Morgan fingerprint density at radius 3 is 2.58 bits per heavy atom. The Labute approximate surface area is 118 Å². The van der Waals surface area contributed by atoms with Gasteiger partial charge in [0.15, 0.2) is 0 Å². The fourth-order valence-electron chi connectivity index (χ4n) is 4.62. The minimum absolute atomic E-state index is 0.447. The molecule has 3 aliphatic rings. The summed E-state index contributed by atoms with van der Waals surface area (Å²) in [5.41, 5.74) is 0.447. The zero-order valence-corrected chi connectivity index (χ0v) is 12.8. The molecular formula is C16H31N3. The summed E-state index contributed by atoms with van der Waals surface area (Å²) in [7, 11) is 4.54. The molecule has 1 aliphatic carbocycles. The molecule has 1 saturated carbocycles. The molecule has 0 radical (unpaired) electrons. The highest BCUT2D eigenvalue weighted by molar-refractivity contribution is 4.99. The molecule has 1 N–H and O–H groups in total. The van der Waals surface area contributed by atoms with Crippen LogP contribution in [0, 0.1) is 0 Å². The third-order valence-corrected chi connectivity index (χ3v) is 6.03. The van der Waals surface area contributed by atoms with Crippen molar-refractivity contribution in [2.75, 3.05) is 33.7 Å². The Hall–Kier alpha value is -0.120. The number of hydrogen-bond acceptors (Lipinski definition) is 3. The second kappa shape index (κ2) is 5.71. The predicted molar refractivity (Wildman–Crippen MR) is 80.5 cm³/mol. The summed E-state index contributed by atoms with van der Waals surface area (Å²) in [6.07, 6.45) is 11.3. The van der Waals surface area contributed by atoms with E-state index < -0.39 is 0 Å². The van der Waals surface area contributed by atoms with Crippen molar-refractivity contribution in [1.29, 1.82) is 0 Å². The van der Waals surface area contributed by atoms with Crippen LogP contribution in [0.3, 0.4) is 0 Å². The van der Waals surface area contributed by atoms with Crippen LogP contribution in [0.2, 0.25) is 0 Å². The van der Waals surface area contributed by atoms with Gasteiger partial charge in [-0.15, -0.1) is 0 Å². The van der Waals surface area contributed by atoms with E-state index >= 15 is 0 Å². The lowest BCUT2D eigenvalue weighted by molar-refractivity contribution is 0.136. The standard InChI is InChI=1S/C16H31N3/c1-18(2)16(9-4-5-10-16)13-17-14-8-12-19-11-6-3-7-15(14)19/h14-15,17H,3-13H2,1-2H3. The lowest BCUT2D eigenvalue weighted by Gasteiger charge is -2.39. The summed E-state index contributed by atoms with van der Waals surface area (Å²) in [6.45, 7) is 3.88. The van der Waals surface area contributed by atoms with Crippen molar-refractivity contribution in [3.63, 3.8) is 0 Å². The number of nitrogens with one attached hydrogen (secondary N) is 1. The first-order valence-electron chi connectivity index (χ1n) is 8.36. The fourth-order valence-corrected chi connectivity index (χ4v) is 4.62. The molecule has 2 unspecified atom stereocenters. The van der Waals surface area contributed by atoms with Gasteiger partial charge >= 0.3 is 0 Å². The van der Waals surface area contributed by atoms with Crippen LogP contribution in [0.25, 0.3) is 0 Å². The van der Waals surface area contributed by atoms with E-state index in [0.29, 0.717) is 5.54 Å². The minimum Gasteiger partial charge on any atom is -0.311 e. The van der Waals surface area contributed by atoms with E-state index in [1.807, 2.05) is 0 Å². The minimum atomic E-state index is 0.447. The van der Waals surface area contributed by atoms with Crippen LogP contribution < -0.4 is 5.32 Å². The molecule has 3 fully saturated rings. The third kappa shape index (κ3) is 2.70. The van der Waals surface area contributed by atoms with Crippen LogP contribution in [0.4, 0.5) is 0 Å². The maximum Gasteiger partial charge on any atom is 0.0328 e. The predicted octanol–water partition coefficient (Wildman–Crippen LogP) is 2.08. The van der Waals surface area contributed by atoms with Crippen LogP contribution >= 0.6 is 0 Å². The van der Waals surface area contributed by atoms with E-state index in [9.17, 15) is 0 Å². The molecule has 2 heterocycles. The van der Waals surface area contributed by atoms with E-state index in [-0.39, 0.29) is 0 Å². The molecule has 2 atom stereocenters. The van der Waals surface area contributed by atoms with Gasteiger partial charge in [-0.1, -0.05) is 19.3 Å². The highest BCUT2D eigenvalue weighted by Crippen LogP contribution is 2.34. The first-order chi connectivity index (χ1) is 9.21. The van der Waals surface area contributed by atoms with Crippen molar-refractivity contribution >= 4 is 0 Å². The summed E-state index contributed by atoms with van der Waals surface area (Å²) in [5, 5.41) is 3.96. The molecule has 19 heavy (non-hydrogen) atoms. The molecule has 3 rings (SSSR count). The number of nitrogens with zero attached hydrogens (tertiary/aromatic N) is 2. The van der Waals surface area contributed by atoms with Crippen molar-refractivity contribution < 1.29 is 0 Å². The Morgan fingerprint density at radius 2 is 1.84 bits per heavy atom. The first-order valence-corrected chi connectivity index (χ1v) is 8.36. The average molecular weight is 265 g/mol. The van der Waals surface area contributed by atoms with Crippen molar-refractivity contribution in [1.82, 2.24) is 15.1 Å². The van der Waals surface area contributed by atoms with Crippen molar-refractivity contribution in [3.8, 4) is 0 Å². The van der Waals surface area contributed by atoms with Crippen LogP contribution in [0.15, 0.2) is 0 Å². The molecule has 110 valence electrons. The van der Waals surface area contributed by atoms with Gasteiger partial charge in [0.1, 0.15) is 0 Å². The van der Waals surface area contributed by atoms with E-state index in [0.717, 1.165) is 12.1 Å². The van der Waals surface area contributed by atoms with Crippen LogP contribution in [0.1, 0.15) is 51.4 Å². The Morgan fingerprint density at radius 1 is 1.05 bits per heavy atom. The van der Waals surface area contributed by atoms with Crippen molar-refractivity contribution in [2.45, 2.75) is 69.0 Å². The molecule has 2 saturated heterocycles. The monoisotopic (exact) mass is 265 g/mol. The zero-order chi connectivity index (χ0) is 13.3. The summed E-state index contributed by atoms with van der Waals surface area (Å²) in [5.74, 6) is 0. The van der Waals surface area contributed by atoms with E-state index in [4.69, 9.17) is 0 Å².